The van der Waals surface area contributed by atoms with Crippen LogP contribution >= 0.6 is 0 Å². The molecule has 0 heterocycles. The Balaban J connectivity index is 1.28. The number of carboxylic acid groups (broad SMARTS) is 1. The van der Waals surface area contributed by atoms with Crippen LogP contribution in [0.25, 0.3) is 0 Å². The Bertz CT molecular complexity index is 3730. The standard InChI is InChI=1S/C87H141N13O22/c1-48(2)34-53(81(119)97-68(14-11-33-94-85(92)93)74(111)40-56(46-102)83(121)100-71(47-103)75(112)42-63(50(4)104)84(122)99-70(78(91)116)43-77(114)115)39-73(110)67(13-8-10-32-89)96-80(118)52(12-7-9-31-88)38-72(109)69(25-26-76(90)113)98-82(120)54(35-51-16-20-58(105)21-17-51)36-61(108)44-95-79(117)55(45-101)37-59(106)19-15-49(3)64-23-24-65-62-22-18-57-41-60(107)27-29-86(57,5)66(62)28-30-87(64,65)6/h16-17,20-21,48-50,52-57,60,62-71,101-105,107H,7-15,18-19,22-47,88-89H2,1-6H3,(H2,90,113)(H2,91,116)(H,95,117)(H,96,118)(H,97,119)(H,98,120)(H,99,122)(H,100,121)(H,114,115)(H4,92,93,94)/t49-,50-,52-,53-,54-,55+,56+,57?,60-,62?,63+,64-,65?,66?,67+,68+,69+,70+,71+,86+,87-/m1/s1. The van der Waals surface area contributed by atoms with Crippen LogP contribution in [0.1, 0.15) is 233 Å². The lowest BCUT2D eigenvalue weighted by molar-refractivity contribution is -0.141. The second kappa shape index (κ2) is 50.9. The molecule has 4 fully saturated rings. The Morgan fingerprint density at radius 2 is 1.02 bits per heavy atom. The van der Waals surface area contributed by atoms with Crippen molar-refractivity contribution in [2.45, 2.75) is 277 Å². The summed E-state index contributed by atoms with van der Waals surface area (Å²) in [5.41, 5.74) is 34.6. The number of hydrogen-bond acceptors (Lipinski definition) is 24. The number of aromatic hydroxyl groups is 1. The number of hydrogen-bond donors (Lipinski definition) is 19. The van der Waals surface area contributed by atoms with Crippen LogP contribution in [0, 0.1) is 87.8 Å². The Labute approximate surface area is 715 Å². The van der Waals surface area contributed by atoms with Gasteiger partial charge in [-0.25, -0.2) is 0 Å². The molecular weight excluding hydrogens is 1580 g/mol. The number of rotatable bonds is 59. The lowest BCUT2D eigenvalue weighted by Crippen LogP contribution is -2.54. The zero-order chi connectivity index (χ0) is 90.9. The first-order valence-electron chi connectivity index (χ1n) is 43.8. The number of aliphatic hydroxyl groups excluding tert-OH is 5. The van der Waals surface area contributed by atoms with E-state index in [2.05, 4.69) is 57.7 Å². The first-order valence-corrected chi connectivity index (χ1v) is 43.8. The van der Waals surface area contributed by atoms with Crippen LogP contribution in [-0.2, 0) is 78.3 Å². The van der Waals surface area contributed by atoms with Gasteiger partial charge in [-0.15, -0.1) is 0 Å². The van der Waals surface area contributed by atoms with Crippen molar-refractivity contribution in [3.05, 3.63) is 29.8 Å². The van der Waals surface area contributed by atoms with Crippen molar-refractivity contribution < 1.29 is 108 Å². The minimum atomic E-state index is -1.80. The number of unbranched alkanes of at least 4 members (excludes halogenated alkanes) is 2. The molecule has 0 bridgehead atoms. The Morgan fingerprint density at radius 3 is 1.59 bits per heavy atom. The summed E-state index contributed by atoms with van der Waals surface area (Å²) < 4.78 is 0. The SMILES string of the molecule is CC(C)C[C@H](CC(=O)[C@H](CCCCN)NC(=O)[C@H](CCCCN)CC(=O)[C@H](CCC(N)=O)NC(=O)[C@@H](CC(=O)CNC(=O)[C@H](CO)CC(=O)CC[C@@H](C)[C@H]1CCC2C3CCC4C[C@H](O)CC[C@]4(C)C3CC[C@@]21C)Cc1ccc(O)cc1)C(=O)N[C@@H](CCCN=C(N)N)C(=O)C[C@@H](CO)C(=O)N[C@@H](CO)C(=O)C[C@H](C(=O)N[C@@H](CC(=O)O)C(N)=O)[C@@H](C)O. The van der Waals surface area contributed by atoms with Crippen molar-refractivity contribution in [2.75, 3.05) is 46.0 Å². The molecule has 8 amide bonds. The fourth-order valence-electron chi connectivity index (χ4n) is 19.5. The van der Waals surface area contributed by atoms with Gasteiger partial charge in [-0.2, -0.15) is 0 Å². The fraction of sp³-hybridized carbons (Fsp3) is 0.747. The van der Waals surface area contributed by atoms with Crippen LogP contribution in [0.5, 0.6) is 5.75 Å². The fourth-order valence-corrected chi connectivity index (χ4v) is 19.5. The van der Waals surface area contributed by atoms with Crippen LogP contribution in [0.4, 0.5) is 0 Å². The Morgan fingerprint density at radius 1 is 0.508 bits per heavy atom. The summed E-state index contributed by atoms with van der Waals surface area (Å²) in [6, 6.07) is -2.00. The highest BCUT2D eigenvalue weighted by molar-refractivity contribution is 6.00. The van der Waals surface area contributed by atoms with Crippen molar-refractivity contribution in [1.82, 2.24) is 31.9 Å². The van der Waals surface area contributed by atoms with Gasteiger partial charge in [-0.3, -0.25) is 76.9 Å². The van der Waals surface area contributed by atoms with Crippen molar-refractivity contribution in [3.63, 3.8) is 0 Å². The van der Waals surface area contributed by atoms with E-state index in [1.807, 2.05) is 0 Å². The number of carbonyl (C=O) groups is 15. The molecule has 1 aromatic carbocycles. The number of benzene rings is 1. The van der Waals surface area contributed by atoms with E-state index in [9.17, 15) is 108 Å². The summed E-state index contributed by atoms with van der Waals surface area (Å²) in [6.45, 7) is 8.75. The second-order valence-electron chi connectivity index (χ2n) is 35.9. The molecule has 1 aromatic rings. The number of phenolic OH excluding ortho intramolecular Hbond substituents is 1. The number of nitrogens with one attached hydrogen (secondary N) is 6. The van der Waals surface area contributed by atoms with Crippen LogP contribution in [-0.4, -0.2) is 218 Å². The van der Waals surface area contributed by atoms with Crippen molar-refractivity contribution >= 4 is 93.9 Å². The molecule has 0 aliphatic heterocycles. The zero-order valence-electron chi connectivity index (χ0n) is 72.2. The molecule has 5 rings (SSSR count). The number of nitrogens with two attached hydrogens (primary N) is 6. The number of nitrogens with zero attached hydrogens (tertiary/aromatic N) is 1. The Kier molecular flexibility index (Phi) is 43.3. The average Bonchev–Trinajstić information content (AvgIpc) is 1.46. The number of phenols is 1. The molecule has 0 radical (unpaired) electrons. The molecule has 4 saturated carbocycles. The number of guanidine groups is 1. The minimum absolute atomic E-state index is 0.00250. The van der Waals surface area contributed by atoms with Gasteiger partial charge in [0.15, 0.2) is 34.9 Å². The largest absolute Gasteiger partial charge is 0.508 e. The van der Waals surface area contributed by atoms with Crippen molar-refractivity contribution in [2.24, 2.45) is 127 Å². The van der Waals surface area contributed by atoms with E-state index < -0.39 is 225 Å². The highest BCUT2D eigenvalue weighted by Crippen LogP contribution is 2.68. The van der Waals surface area contributed by atoms with E-state index in [-0.39, 0.29) is 124 Å². The molecule has 4 aliphatic rings. The molecular formula is C87H141N13O22. The number of primary amides is 2. The highest BCUT2D eigenvalue weighted by Gasteiger charge is 2.61. The van der Waals surface area contributed by atoms with Gasteiger partial charge in [-0.05, 0) is 218 Å². The lowest BCUT2D eigenvalue weighted by Gasteiger charge is -2.61. The third kappa shape index (κ3) is 32.1. The van der Waals surface area contributed by atoms with Crippen LogP contribution in [0.3, 0.4) is 0 Å². The van der Waals surface area contributed by atoms with Gasteiger partial charge in [0.2, 0.25) is 47.3 Å². The van der Waals surface area contributed by atoms with Gasteiger partial charge in [0, 0.05) is 75.7 Å². The summed E-state index contributed by atoms with van der Waals surface area (Å²) >= 11 is 0. The maximum absolute atomic E-state index is 14.8. The van der Waals surface area contributed by atoms with E-state index in [0.29, 0.717) is 67.3 Å². The summed E-state index contributed by atoms with van der Waals surface area (Å²) in [6.07, 6.45) is 4.78. The van der Waals surface area contributed by atoms with E-state index >= 15 is 0 Å². The quantitative estimate of drug-likeness (QED) is 0.0248. The van der Waals surface area contributed by atoms with Gasteiger partial charge in [0.1, 0.15) is 23.6 Å². The number of aliphatic imine (C=N–C) groups is 1. The molecule has 35 nitrogen and oxygen atoms in total. The number of Topliss-reactive ketones (excluding diaryl/α,β-unsaturated/α-hetero) is 6. The number of ketones is 6. The molecule has 25 N–H and O–H groups in total. The first-order chi connectivity index (χ1) is 57.6. The van der Waals surface area contributed by atoms with E-state index in [1.165, 1.54) is 43.5 Å². The number of amides is 8. The molecule has 686 valence electrons. The number of carboxylic acids is 1. The number of aliphatic carboxylic acids is 1. The maximum atomic E-state index is 14.8. The van der Waals surface area contributed by atoms with E-state index in [4.69, 9.17) is 34.4 Å². The predicted molar refractivity (Wildman–Crippen MR) is 451 cm³/mol. The Hall–Kier alpha value is -8.74. The van der Waals surface area contributed by atoms with E-state index in [0.717, 1.165) is 45.4 Å². The van der Waals surface area contributed by atoms with Crippen LogP contribution in [0.15, 0.2) is 29.3 Å². The first kappa shape index (κ1) is 104. The smallest absolute Gasteiger partial charge is 0.305 e. The number of carbonyl (C=O) groups excluding carboxylic acids is 14. The zero-order valence-corrected chi connectivity index (χ0v) is 72.2. The van der Waals surface area contributed by atoms with Crippen molar-refractivity contribution in [3.8, 4) is 5.75 Å². The molecule has 0 saturated heterocycles. The van der Waals surface area contributed by atoms with Gasteiger partial charge >= 0.3 is 5.97 Å². The van der Waals surface area contributed by atoms with Crippen molar-refractivity contribution in [1.29, 1.82) is 0 Å². The molecule has 4 aliphatic carbocycles. The van der Waals surface area contributed by atoms with E-state index in [1.54, 1.807) is 13.8 Å². The van der Waals surface area contributed by atoms with Crippen LogP contribution in [0.2, 0.25) is 0 Å². The molecule has 0 aromatic heterocycles. The monoisotopic (exact) mass is 1720 g/mol. The molecule has 122 heavy (non-hydrogen) atoms. The predicted octanol–water partition coefficient (Wildman–Crippen LogP) is 1.30. The average molecular weight is 1720 g/mol. The molecule has 21 atom stereocenters. The van der Waals surface area contributed by atoms with Gasteiger partial charge in [0.25, 0.3) is 0 Å². The van der Waals surface area contributed by atoms with Crippen LogP contribution < -0.4 is 66.3 Å². The van der Waals surface area contributed by atoms with Gasteiger partial charge < -0.3 is 102 Å². The maximum Gasteiger partial charge on any atom is 0.305 e. The summed E-state index contributed by atoms with van der Waals surface area (Å²) in [5.74, 6) is -18.7. The summed E-state index contributed by atoms with van der Waals surface area (Å²) in [7, 11) is 0. The number of aliphatic hydroxyl groups is 5. The number of fused-ring (bicyclic) bond motifs is 5. The molecule has 35 heteroatoms. The molecule has 0 spiro atoms. The third-order valence-electron chi connectivity index (χ3n) is 26.5. The minimum Gasteiger partial charge on any atom is -0.508 e. The summed E-state index contributed by atoms with van der Waals surface area (Å²) in [5, 5.41) is 86.6. The highest BCUT2D eigenvalue weighted by atomic mass is 16.4. The van der Waals surface area contributed by atoms with Gasteiger partial charge in [0.05, 0.1) is 80.9 Å². The summed E-state index contributed by atoms with van der Waals surface area (Å²) in [4.78, 5) is 210. The third-order valence-corrected chi connectivity index (χ3v) is 26.5. The topological polar surface area (TPSA) is 638 Å². The second-order valence-corrected chi connectivity index (χ2v) is 35.9. The van der Waals surface area contributed by atoms with Gasteiger partial charge in [-0.1, -0.05) is 53.2 Å². The lowest BCUT2D eigenvalue weighted by atomic mass is 9.44. The molecule has 4 unspecified atom stereocenters. The normalized spacial score (nSPS) is 23.0.